The van der Waals surface area contributed by atoms with Crippen LogP contribution in [-0.4, -0.2) is 53.1 Å². The lowest BCUT2D eigenvalue weighted by molar-refractivity contribution is -0.139. The summed E-state index contributed by atoms with van der Waals surface area (Å²) in [5.41, 5.74) is -0.496. The molecular weight excluding hydrogens is 404 g/mol. The van der Waals surface area contributed by atoms with Crippen molar-refractivity contribution in [2.24, 2.45) is 0 Å². The fourth-order valence-electron chi connectivity index (χ4n) is 3.89. The highest BCUT2D eigenvalue weighted by molar-refractivity contribution is 6.40. The van der Waals surface area contributed by atoms with E-state index in [2.05, 4.69) is 0 Å². The van der Waals surface area contributed by atoms with Crippen LogP contribution in [0.25, 0.3) is 0 Å². The first-order valence-corrected chi connectivity index (χ1v) is 9.93. The van der Waals surface area contributed by atoms with Gasteiger partial charge in [0, 0.05) is 12.2 Å². The van der Waals surface area contributed by atoms with Crippen LogP contribution in [0, 0.1) is 0 Å². The lowest BCUT2D eigenvalue weighted by Gasteiger charge is -2.44. The Morgan fingerprint density at radius 1 is 1.19 bits per heavy atom. The number of benzene rings is 1. The molecule has 4 rings (SSSR count). The summed E-state index contributed by atoms with van der Waals surface area (Å²) in [4.78, 5) is 52.6. The number of fused-ring (bicyclic) bond motifs is 2. The summed E-state index contributed by atoms with van der Waals surface area (Å²) in [5.74, 6) is -2.94. The molecule has 2 aliphatic rings. The third-order valence-electron chi connectivity index (χ3n) is 5.51. The second kappa shape index (κ2) is 8.35. The number of hydrogen-bond acceptors (Lipinski definition) is 7. The van der Waals surface area contributed by atoms with Crippen LogP contribution in [0.15, 0.2) is 41.3 Å². The van der Waals surface area contributed by atoms with Crippen molar-refractivity contribution < 1.29 is 28.6 Å². The molecule has 2 atom stereocenters. The number of aromatic nitrogens is 1. The lowest BCUT2D eigenvalue weighted by atomic mass is 10.1. The third-order valence-corrected chi connectivity index (χ3v) is 5.51. The van der Waals surface area contributed by atoms with Gasteiger partial charge in [0.25, 0.3) is 11.7 Å². The molecule has 1 aromatic heterocycles. The maximum Gasteiger partial charge on any atom is 0.380 e. The molecule has 0 radical (unpaired) electrons. The van der Waals surface area contributed by atoms with Crippen LogP contribution >= 0.6 is 0 Å². The number of carbonyl (C=O) groups excluding carboxylic acids is 3. The zero-order valence-corrected chi connectivity index (χ0v) is 17.2. The van der Waals surface area contributed by atoms with Crippen molar-refractivity contribution in [2.45, 2.75) is 38.8 Å². The quantitative estimate of drug-likeness (QED) is 0.404. The number of Topliss-reactive ketones (excluding diaryl/α,β-unsaturated/α-hetero) is 1. The van der Waals surface area contributed by atoms with Gasteiger partial charge >= 0.3 is 5.97 Å². The van der Waals surface area contributed by atoms with Crippen molar-refractivity contribution in [3.8, 4) is 5.75 Å². The number of ketones is 1. The second-order valence-corrected chi connectivity index (χ2v) is 7.47. The minimum Gasteiger partial charge on any atom is -0.491 e. The minimum atomic E-state index is -1.16. The molecule has 31 heavy (non-hydrogen) atoms. The van der Waals surface area contributed by atoms with E-state index < -0.39 is 34.9 Å². The van der Waals surface area contributed by atoms with Gasteiger partial charge < -0.3 is 23.7 Å². The average Bonchev–Trinajstić information content (AvgIpc) is 2.77. The molecule has 0 saturated carbocycles. The number of esters is 1. The maximum absolute atomic E-state index is 13.1. The molecule has 3 heterocycles. The van der Waals surface area contributed by atoms with Gasteiger partial charge in [-0.25, -0.2) is 4.79 Å². The van der Waals surface area contributed by atoms with E-state index in [0.29, 0.717) is 18.6 Å². The standard InChI is InChI=1S/C22H22N2O7/c1-13-8-9-30-16-11-23-10-15(18(25)20(29-2)17(23)21(27)24(13)16)19(26)22(28)31-12-14-6-4-3-5-7-14/h3-7,10,13,16H,8-9,11-12H2,1-2H3/t13-,16+/m1/s1. The van der Waals surface area contributed by atoms with Gasteiger partial charge in [0.05, 0.1) is 25.8 Å². The number of nitrogens with zero attached hydrogens (tertiary/aromatic N) is 2. The van der Waals surface area contributed by atoms with E-state index in [0.717, 1.165) is 0 Å². The van der Waals surface area contributed by atoms with E-state index >= 15 is 0 Å². The van der Waals surface area contributed by atoms with Gasteiger partial charge in [-0.05, 0) is 18.9 Å². The van der Waals surface area contributed by atoms with Crippen molar-refractivity contribution in [2.75, 3.05) is 13.7 Å². The lowest BCUT2D eigenvalue weighted by Crippen LogP contribution is -2.57. The molecule has 0 bridgehead atoms. The van der Waals surface area contributed by atoms with Crippen LogP contribution in [-0.2, 0) is 27.4 Å². The van der Waals surface area contributed by atoms with Gasteiger partial charge in [0.15, 0.2) is 17.7 Å². The Morgan fingerprint density at radius 2 is 1.94 bits per heavy atom. The van der Waals surface area contributed by atoms with Crippen molar-refractivity contribution in [1.29, 1.82) is 0 Å². The van der Waals surface area contributed by atoms with Crippen LogP contribution in [0.4, 0.5) is 0 Å². The fourth-order valence-corrected chi connectivity index (χ4v) is 3.89. The number of hydrogen-bond donors (Lipinski definition) is 0. The van der Waals surface area contributed by atoms with Gasteiger partial charge in [0.1, 0.15) is 6.61 Å². The minimum absolute atomic E-state index is 0.0373. The summed E-state index contributed by atoms with van der Waals surface area (Å²) >= 11 is 0. The van der Waals surface area contributed by atoms with E-state index in [9.17, 15) is 19.2 Å². The molecule has 9 nitrogen and oxygen atoms in total. The molecule has 2 aliphatic heterocycles. The number of methoxy groups -OCH3 is 1. The maximum atomic E-state index is 13.1. The SMILES string of the molecule is COc1c2n(cc(C(=O)C(=O)OCc3ccccc3)c1=O)C[C@@H]1OCC[C@@H](C)N1C2=O. The Kier molecular flexibility index (Phi) is 5.60. The molecule has 0 unspecified atom stereocenters. The average molecular weight is 426 g/mol. The molecule has 0 N–H and O–H groups in total. The van der Waals surface area contributed by atoms with Crippen molar-refractivity contribution in [3.05, 3.63) is 63.6 Å². The van der Waals surface area contributed by atoms with Gasteiger partial charge in [0.2, 0.25) is 5.43 Å². The van der Waals surface area contributed by atoms with E-state index in [1.165, 1.54) is 17.9 Å². The summed E-state index contributed by atoms with van der Waals surface area (Å²) in [7, 11) is 1.25. The Bertz CT molecular complexity index is 1090. The van der Waals surface area contributed by atoms with E-state index in [4.69, 9.17) is 14.2 Å². The normalized spacial score (nSPS) is 19.9. The molecule has 1 amide bonds. The first kappa shape index (κ1) is 20.8. The monoisotopic (exact) mass is 426 g/mol. The fraction of sp³-hybridized carbons (Fsp3) is 0.364. The van der Waals surface area contributed by atoms with Gasteiger partial charge in [-0.15, -0.1) is 0 Å². The largest absolute Gasteiger partial charge is 0.491 e. The van der Waals surface area contributed by atoms with E-state index in [-0.39, 0.29) is 30.6 Å². The van der Waals surface area contributed by atoms with Crippen LogP contribution < -0.4 is 10.2 Å². The molecule has 1 saturated heterocycles. The smallest absolute Gasteiger partial charge is 0.380 e. The molecule has 0 aliphatic carbocycles. The Morgan fingerprint density at radius 3 is 2.65 bits per heavy atom. The Balaban J connectivity index is 1.66. The van der Waals surface area contributed by atoms with Crippen molar-refractivity contribution in [1.82, 2.24) is 9.47 Å². The van der Waals surface area contributed by atoms with E-state index in [1.54, 1.807) is 29.2 Å². The Hall–Kier alpha value is -3.46. The van der Waals surface area contributed by atoms with Gasteiger partial charge in [-0.3, -0.25) is 14.4 Å². The third kappa shape index (κ3) is 3.72. The highest BCUT2D eigenvalue weighted by atomic mass is 16.5. The van der Waals surface area contributed by atoms with Crippen LogP contribution in [0.5, 0.6) is 5.75 Å². The first-order valence-electron chi connectivity index (χ1n) is 9.93. The number of ether oxygens (including phenoxy) is 3. The molecule has 9 heteroatoms. The molecule has 0 spiro atoms. The zero-order valence-electron chi connectivity index (χ0n) is 17.2. The van der Waals surface area contributed by atoms with Crippen molar-refractivity contribution >= 4 is 17.7 Å². The molecule has 1 aromatic carbocycles. The van der Waals surface area contributed by atoms with Crippen LogP contribution in [0.1, 0.15) is 39.8 Å². The summed E-state index contributed by atoms with van der Waals surface area (Å²) in [6.45, 7) is 2.52. The summed E-state index contributed by atoms with van der Waals surface area (Å²) in [6.07, 6.45) is 1.37. The highest BCUT2D eigenvalue weighted by Gasteiger charge is 2.41. The number of rotatable bonds is 5. The molecule has 162 valence electrons. The van der Waals surface area contributed by atoms with Crippen LogP contribution in [0.2, 0.25) is 0 Å². The Labute approximate surface area is 178 Å². The number of carbonyl (C=O) groups is 3. The first-order chi connectivity index (χ1) is 14.9. The predicted molar refractivity (Wildman–Crippen MR) is 108 cm³/mol. The molecule has 2 aromatic rings. The zero-order chi connectivity index (χ0) is 22.1. The predicted octanol–water partition coefficient (Wildman–Crippen LogP) is 1.37. The topological polar surface area (TPSA) is 104 Å². The van der Waals surface area contributed by atoms with Gasteiger partial charge in [-0.2, -0.15) is 0 Å². The number of amides is 1. The van der Waals surface area contributed by atoms with Crippen molar-refractivity contribution in [3.63, 3.8) is 0 Å². The summed E-state index contributed by atoms with van der Waals surface area (Å²) in [5, 5.41) is 0. The van der Waals surface area contributed by atoms with E-state index in [1.807, 2.05) is 13.0 Å². The second-order valence-electron chi connectivity index (χ2n) is 7.47. The highest BCUT2D eigenvalue weighted by Crippen LogP contribution is 2.29. The molecular formula is C22H22N2O7. The summed E-state index contributed by atoms with van der Waals surface area (Å²) in [6, 6.07) is 8.80. The van der Waals surface area contributed by atoms with Crippen LogP contribution in [0.3, 0.4) is 0 Å². The van der Waals surface area contributed by atoms with Gasteiger partial charge in [-0.1, -0.05) is 30.3 Å². The number of pyridine rings is 1. The summed E-state index contributed by atoms with van der Waals surface area (Å²) < 4.78 is 17.4. The molecule has 1 fully saturated rings.